The van der Waals surface area contributed by atoms with Crippen molar-refractivity contribution in [3.8, 4) is 0 Å². The van der Waals surface area contributed by atoms with Crippen molar-refractivity contribution >= 4 is 0 Å². The van der Waals surface area contributed by atoms with Crippen molar-refractivity contribution < 1.29 is 10.2 Å². The van der Waals surface area contributed by atoms with Crippen LogP contribution < -0.4 is 0 Å². The largest absolute Gasteiger partial charge is 0.396 e. The minimum atomic E-state index is -0.638. The summed E-state index contributed by atoms with van der Waals surface area (Å²) in [6.45, 7) is -0.0161. The van der Waals surface area contributed by atoms with Crippen molar-refractivity contribution in [2.24, 2.45) is 0 Å². The second-order valence-corrected chi connectivity index (χ2v) is 2.28. The van der Waals surface area contributed by atoms with Crippen LogP contribution in [0.1, 0.15) is 18.2 Å². The van der Waals surface area contributed by atoms with Crippen LogP contribution in [0.5, 0.6) is 0 Å². The van der Waals surface area contributed by atoms with E-state index in [1.165, 1.54) is 0 Å². The molecule has 3 nitrogen and oxygen atoms in total. The van der Waals surface area contributed by atoms with Crippen LogP contribution in [-0.2, 0) is 0 Å². The molecule has 1 atom stereocenters. The zero-order valence-electron chi connectivity index (χ0n) is 6.14. The molecule has 0 radical (unpaired) electrons. The van der Waals surface area contributed by atoms with Gasteiger partial charge in [0.2, 0.25) is 0 Å². The Labute approximate surface area is 65.3 Å². The number of hydrogen-bond acceptors (Lipinski definition) is 3. The van der Waals surface area contributed by atoms with Crippen LogP contribution in [0.25, 0.3) is 0 Å². The highest BCUT2D eigenvalue weighted by Gasteiger charge is 2.05. The third-order valence-electron chi connectivity index (χ3n) is 1.43. The molecule has 0 saturated heterocycles. The van der Waals surface area contributed by atoms with Gasteiger partial charge in [0, 0.05) is 19.2 Å². The maximum Gasteiger partial charge on any atom is 0.0981 e. The molecule has 0 aliphatic heterocycles. The molecule has 1 heterocycles. The number of aliphatic hydroxyl groups is 2. The summed E-state index contributed by atoms with van der Waals surface area (Å²) in [7, 11) is 0. The van der Waals surface area contributed by atoms with Gasteiger partial charge in [0.15, 0.2) is 0 Å². The van der Waals surface area contributed by atoms with Crippen molar-refractivity contribution in [3.05, 3.63) is 30.1 Å². The summed E-state index contributed by atoms with van der Waals surface area (Å²) in [5.41, 5.74) is 0.613. The summed E-state index contributed by atoms with van der Waals surface area (Å²) in [4.78, 5) is 3.94. The molecule has 1 rings (SSSR count). The lowest BCUT2D eigenvalue weighted by Gasteiger charge is -2.06. The van der Waals surface area contributed by atoms with E-state index in [1.807, 2.05) is 6.07 Å². The SMILES string of the molecule is OCCC(O)c1ccccn1. The number of nitrogens with zero attached hydrogens (tertiary/aromatic N) is 1. The Hall–Kier alpha value is -0.930. The van der Waals surface area contributed by atoms with E-state index in [1.54, 1.807) is 18.3 Å². The van der Waals surface area contributed by atoms with Gasteiger partial charge in [-0.05, 0) is 12.1 Å². The zero-order chi connectivity index (χ0) is 8.10. The Bertz CT molecular complexity index is 201. The van der Waals surface area contributed by atoms with Gasteiger partial charge in [-0.25, -0.2) is 0 Å². The molecular weight excluding hydrogens is 142 g/mol. The molecule has 0 aliphatic rings. The number of aliphatic hydroxyl groups excluding tert-OH is 2. The first-order valence-corrected chi connectivity index (χ1v) is 3.54. The molecule has 0 fully saturated rings. The third kappa shape index (κ3) is 2.29. The van der Waals surface area contributed by atoms with E-state index in [0.717, 1.165) is 0 Å². The second-order valence-electron chi connectivity index (χ2n) is 2.28. The van der Waals surface area contributed by atoms with Crippen LogP contribution in [0.4, 0.5) is 0 Å². The summed E-state index contributed by atoms with van der Waals surface area (Å²) in [6, 6.07) is 5.33. The fraction of sp³-hybridized carbons (Fsp3) is 0.375. The van der Waals surface area contributed by atoms with Crippen LogP contribution >= 0.6 is 0 Å². The minimum Gasteiger partial charge on any atom is -0.396 e. The lowest BCUT2D eigenvalue weighted by molar-refractivity contribution is 0.130. The van der Waals surface area contributed by atoms with E-state index in [-0.39, 0.29) is 6.61 Å². The Balaban J connectivity index is 2.61. The molecule has 0 aliphatic carbocycles. The average Bonchev–Trinajstić information content (AvgIpc) is 2.07. The fourth-order valence-corrected chi connectivity index (χ4v) is 0.843. The molecule has 0 spiro atoms. The van der Waals surface area contributed by atoms with E-state index < -0.39 is 6.10 Å². The van der Waals surface area contributed by atoms with Gasteiger partial charge < -0.3 is 10.2 Å². The zero-order valence-corrected chi connectivity index (χ0v) is 6.14. The molecule has 1 aromatic rings. The molecule has 3 heteroatoms. The third-order valence-corrected chi connectivity index (χ3v) is 1.43. The van der Waals surface area contributed by atoms with Gasteiger partial charge in [0.1, 0.15) is 0 Å². The number of hydrogen-bond donors (Lipinski definition) is 2. The second kappa shape index (κ2) is 4.05. The lowest BCUT2D eigenvalue weighted by atomic mass is 10.2. The van der Waals surface area contributed by atoms with Crippen LogP contribution in [0.3, 0.4) is 0 Å². The fourth-order valence-electron chi connectivity index (χ4n) is 0.843. The average molecular weight is 153 g/mol. The maximum absolute atomic E-state index is 9.30. The van der Waals surface area contributed by atoms with Crippen LogP contribution in [-0.4, -0.2) is 21.8 Å². The van der Waals surface area contributed by atoms with Gasteiger partial charge >= 0.3 is 0 Å². The Morgan fingerprint density at radius 3 is 2.82 bits per heavy atom. The van der Waals surface area contributed by atoms with E-state index in [9.17, 15) is 5.11 Å². The Kier molecular flexibility index (Phi) is 3.01. The van der Waals surface area contributed by atoms with Crippen LogP contribution in [0, 0.1) is 0 Å². The first kappa shape index (κ1) is 8.17. The van der Waals surface area contributed by atoms with Gasteiger partial charge in [0.25, 0.3) is 0 Å². The van der Waals surface area contributed by atoms with Crippen LogP contribution in [0.2, 0.25) is 0 Å². The van der Waals surface area contributed by atoms with Crippen molar-refractivity contribution in [2.75, 3.05) is 6.61 Å². The normalized spacial score (nSPS) is 12.9. The summed E-state index contributed by atoms with van der Waals surface area (Å²) in [5, 5.41) is 17.8. The van der Waals surface area contributed by atoms with E-state index >= 15 is 0 Å². The first-order valence-electron chi connectivity index (χ1n) is 3.54. The summed E-state index contributed by atoms with van der Waals surface area (Å²) in [5.74, 6) is 0. The van der Waals surface area contributed by atoms with Gasteiger partial charge in [-0.1, -0.05) is 6.07 Å². The lowest BCUT2D eigenvalue weighted by Crippen LogP contribution is -2.01. The van der Waals surface area contributed by atoms with Crippen molar-refractivity contribution in [1.29, 1.82) is 0 Å². The topological polar surface area (TPSA) is 53.4 Å². The monoisotopic (exact) mass is 153 g/mol. The first-order chi connectivity index (χ1) is 5.34. The van der Waals surface area contributed by atoms with E-state index in [4.69, 9.17) is 5.11 Å². The standard InChI is InChI=1S/C8H11NO2/c10-6-4-8(11)7-3-1-2-5-9-7/h1-3,5,8,10-11H,4,6H2. The molecule has 0 bridgehead atoms. The highest BCUT2D eigenvalue weighted by Crippen LogP contribution is 2.11. The molecule has 1 unspecified atom stereocenters. The number of aromatic nitrogens is 1. The maximum atomic E-state index is 9.30. The summed E-state index contributed by atoms with van der Waals surface area (Å²) < 4.78 is 0. The van der Waals surface area contributed by atoms with Crippen molar-refractivity contribution in [3.63, 3.8) is 0 Å². The molecule has 0 saturated carbocycles. The molecule has 1 aromatic heterocycles. The van der Waals surface area contributed by atoms with Gasteiger partial charge in [0.05, 0.1) is 11.8 Å². The van der Waals surface area contributed by atoms with Crippen molar-refractivity contribution in [1.82, 2.24) is 4.98 Å². The molecule has 0 aromatic carbocycles. The number of pyridine rings is 1. The smallest absolute Gasteiger partial charge is 0.0981 e. The van der Waals surface area contributed by atoms with Gasteiger partial charge in [-0.3, -0.25) is 4.98 Å². The predicted octanol–water partition coefficient (Wildman–Crippen LogP) is 0.497. The summed E-state index contributed by atoms with van der Waals surface area (Å²) in [6.07, 6.45) is 1.33. The molecule has 11 heavy (non-hydrogen) atoms. The number of rotatable bonds is 3. The Morgan fingerprint density at radius 1 is 1.45 bits per heavy atom. The molecule has 0 amide bonds. The van der Waals surface area contributed by atoms with Crippen LogP contribution in [0.15, 0.2) is 24.4 Å². The van der Waals surface area contributed by atoms with Crippen molar-refractivity contribution in [2.45, 2.75) is 12.5 Å². The summed E-state index contributed by atoms with van der Waals surface area (Å²) >= 11 is 0. The van der Waals surface area contributed by atoms with E-state index in [2.05, 4.69) is 4.98 Å². The minimum absolute atomic E-state index is 0.0161. The quantitative estimate of drug-likeness (QED) is 0.664. The molecule has 60 valence electrons. The Morgan fingerprint density at radius 2 is 2.27 bits per heavy atom. The van der Waals surface area contributed by atoms with E-state index in [0.29, 0.717) is 12.1 Å². The van der Waals surface area contributed by atoms with Gasteiger partial charge in [-0.15, -0.1) is 0 Å². The molecule has 2 N–H and O–H groups in total. The van der Waals surface area contributed by atoms with Gasteiger partial charge in [-0.2, -0.15) is 0 Å². The molecular formula is C8H11NO2. The highest BCUT2D eigenvalue weighted by atomic mass is 16.3. The highest BCUT2D eigenvalue weighted by molar-refractivity contribution is 5.06. The predicted molar refractivity (Wildman–Crippen MR) is 40.9 cm³/mol.